The molecule has 0 saturated carbocycles. The summed E-state index contributed by atoms with van der Waals surface area (Å²) in [5, 5.41) is 3.17. The second kappa shape index (κ2) is 13.5. The number of benzene rings is 3. The van der Waals surface area contributed by atoms with Gasteiger partial charge in [-0.1, -0.05) is 66.7 Å². The van der Waals surface area contributed by atoms with Crippen molar-refractivity contribution in [3.8, 4) is 5.75 Å². The van der Waals surface area contributed by atoms with E-state index in [4.69, 9.17) is 4.74 Å². The van der Waals surface area contributed by atoms with Crippen LogP contribution in [0.1, 0.15) is 60.8 Å². The van der Waals surface area contributed by atoms with Gasteiger partial charge in [-0.2, -0.15) is 0 Å². The van der Waals surface area contributed by atoms with Crippen LogP contribution in [-0.4, -0.2) is 59.8 Å². The quantitative estimate of drug-likeness (QED) is 0.325. The van der Waals surface area contributed by atoms with Crippen molar-refractivity contribution in [3.05, 3.63) is 101 Å². The van der Waals surface area contributed by atoms with Gasteiger partial charge in [0.25, 0.3) is 0 Å². The van der Waals surface area contributed by atoms with Crippen molar-refractivity contribution in [3.63, 3.8) is 0 Å². The van der Waals surface area contributed by atoms with E-state index in [0.29, 0.717) is 37.3 Å². The molecule has 1 amide bonds. The van der Waals surface area contributed by atoms with E-state index in [1.807, 2.05) is 83.8 Å². The van der Waals surface area contributed by atoms with E-state index in [1.165, 1.54) is 0 Å². The predicted molar refractivity (Wildman–Crippen MR) is 156 cm³/mol. The van der Waals surface area contributed by atoms with E-state index in [9.17, 15) is 9.59 Å². The SMILES string of the molecule is CC(C)N(CCNC(=O)C1c2ccc(OCc3ccccc3)cc2CCN1CC(=O)c1ccccc1)C(C)C. The number of Topliss-reactive ketones (excluding diaryl/α,β-unsaturated/α-hetero) is 1. The van der Waals surface area contributed by atoms with Gasteiger partial charge < -0.3 is 10.1 Å². The van der Waals surface area contributed by atoms with E-state index in [-0.39, 0.29) is 18.2 Å². The molecule has 206 valence electrons. The number of ether oxygens (including phenoxy) is 1. The number of carbonyl (C=O) groups is 2. The minimum atomic E-state index is -0.531. The molecular weight excluding hydrogens is 486 g/mol. The van der Waals surface area contributed by atoms with E-state index in [1.54, 1.807) is 0 Å². The van der Waals surface area contributed by atoms with Crippen LogP contribution in [0.4, 0.5) is 0 Å². The van der Waals surface area contributed by atoms with Crippen molar-refractivity contribution in [2.75, 3.05) is 26.2 Å². The summed E-state index contributed by atoms with van der Waals surface area (Å²) in [6.45, 7) is 11.3. The van der Waals surface area contributed by atoms with Gasteiger partial charge in [0.2, 0.25) is 5.91 Å². The molecule has 0 aromatic heterocycles. The lowest BCUT2D eigenvalue weighted by molar-refractivity contribution is -0.127. The molecule has 1 atom stereocenters. The number of carbonyl (C=O) groups excluding carboxylic acids is 2. The van der Waals surface area contributed by atoms with Gasteiger partial charge >= 0.3 is 0 Å². The maximum atomic E-state index is 13.7. The summed E-state index contributed by atoms with van der Waals surface area (Å²) >= 11 is 0. The molecular formula is C33H41N3O3. The average molecular weight is 528 g/mol. The minimum Gasteiger partial charge on any atom is -0.489 e. The summed E-state index contributed by atoms with van der Waals surface area (Å²) in [5.41, 5.74) is 3.80. The van der Waals surface area contributed by atoms with Gasteiger partial charge in [0.15, 0.2) is 5.78 Å². The van der Waals surface area contributed by atoms with E-state index < -0.39 is 6.04 Å². The normalized spacial score (nSPS) is 15.4. The van der Waals surface area contributed by atoms with Crippen LogP contribution in [0.25, 0.3) is 0 Å². The van der Waals surface area contributed by atoms with Crippen molar-refractivity contribution in [1.29, 1.82) is 0 Å². The molecule has 1 heterocycles. The molecule has 1 aliphatic rings. The van der Waals surface area contributed by atoms with Crippen molar-refractivity contribution in [2.45, 2.75) is 58.8 Å². The maximum Gasteiger partial charge on any atom is 0.242 e. The Morgan fingerprint density at radius 1 is 0.949 bits per heavy atom. The van der Waals surface area contributed by atoms with Gasteiger partial charge in [-0.15, -0.1) is 0 Å². The summed E-state index contributed by atoms with van der Waals surface area (Å²) in [6.07, 6.45) is 0.748. The molecule has 4 rings (SSSR count). The topological polar surface area (TPSA) is 61.9 Å². The maximum absolute atomic E-state index is 13.7. The third kappa shape index (κ3) is 7.55. The van der Waals surface area contributed by atoms with Crippen LogP contribution in [0, 0.1) is 0 Å². The first-order valence-electron chi connectivity index (χ1n) is 14.0. The number of ketones is 1. The van der Waals surface area contributed by atoms with Crippen LogP contribution >= 0.6 is 0 Å². The summed E-state index contributed by atoms with van der Waals surface area (Å²) < 4.78 is 6.07. The molecule has 0 fully saturated rings. The van der Waals surface area contributed by atoms with Crippen LogP contribution in [-0.2, 0) is 17.8 Å². The molecule has 0 bridgehead atoms. The van der Waals surface area contributed by atoms with Gasteiger partial charge in [0.1, 0.15) is 18.4 Å². The molecule has 6 nitrogen and oxygen atoms in total. The zero-order valence-electron chi connectivity index (χ0n) is 23.6. The molecule has 0 radical (unpaired) electrons. The predicted octanol–water partition coefficient (Wildman–Crippen LogP) is 5.28. The van der Waals surface area contributed by atoms with Crippen LogP contribution in [0.5, 0.6) is 5.75 Å². The van der Waals surface area contributed by atoms with Gasteiger partial charge in [0, 0.05) is 37.3 Å². The first-order valence-corrected chi connectivity index (χ1v) is 14.0. The Kier molecular flexibility index (Phi) is 9.90. The Morgan fingerprint density at radius 2 is 1.62 bits per heavy atom. The van der Waals surface area contributed by atoms with Crippen LogP contribution in [0.3, 0.4) is 0 Å². The number of hydrogen-bond donors (Lipinski definition) is 1. The first kappa shape index (κ1) is 28.5. The fourth-order valence-corrected chi connectivity index (χ4v) is 5.38. The van der Waals surface area contributed by atoms with Crippen molar-refractivity contribution >= 4 is 11.7 Å². The lowest BCUT2D eigenvalue weighted by atomic mass is 9.91. The lowest BCUT2D eigenvalue weighted by Crippen LogP contribution is -2.48. The van der Waals surface area contributed by atoms with Crippen LogP contribution < -0.4 is 10.1 Å². The summed E-state index contributed by atoms with van der Waals surface area (Å²) in [6, 6.07) is 25.6. The molecule has 0 aliphatic carbocycles. The summed E-state index contributed by atoms with van der Waals surface area (Å²) in [5.74, 6) is 0.739. The fourth-order valence-electron chi connectivity index (χ4n) is 5.38. The minimum absolute atomic E-state index is 0.0189. The smallest absolute Gasteiger partial charge is 0.242 e. The first-order chi connectivity index (χ1) is 18.8. The number of nitrogens with one attached hydrogen (secondary N) is 1. The molecule has 6 heteroatoms. The molecule has 3 aromatic rings. The zero-order valence-corrected chi connectivity index (χ0v) is 23.6. The molecule has 1 unspecified atom stereocenters. The van der Waals surface area contributed by atoms with Gasteiger partial charge in [-0.25, -0.2) is 0 Å². The Balaban J connectivity index is 1.52. The Morgan fingerprint density at radius 3 is 2.28 bits per heavy atom. The second-order valence-electron chi connectivity index (χ2n) is 10.8. The molecule has 0 spiro atoms. The molecule has 39 heavy (non-hydrogen) atoms. The van der Waals surface area contributed by atoms with Gasteiger partial charge in [-0.05, 0) is 62.9 Å². The summed E-state index contributed by atoms with van der Waals surface area (Å²) in [7, 11) is 0. The Labute approximate surface area is 233 Å². The van der Waals surface area contributed by atoms with Crippen molar-refractivity contribution in [2.24, 2.45) is 0 Å². The van der Waals surface area contributed by atoms with E-state index in [0.717, 1.165) is 35.4 Å². The highest BCUT2D eigenvalue weighted by Crippen LogP contribution is 2.33. The monoisotopic (exact) mass is 527 g/mol. The Hall–Kier alpha value is -3.48. The molecule has 0 saturated heterocycles. The third-order valence-corrected chi connectivity index (χ3v) is 7.38. The molecule has 1 N–H and O–H groups in total. The number of fused-ring (bicyclic) bond motifs is 1. The summed E-state index contributed by atoms with van der Waals surface area (Å²) in [4.78, 5) is 31.2. The third-order valence-electron chi connectivity index (χ3n) is 7.38. The zero-order chi connectivity index (χ0) is 27.8. The van der Waals surface area contributed by atoms with Crippen molar-refractivity contribution < 1.29 is 14.3 Å². The fraction of sp³-hybridized carbons (Fsp3) is 0.394. The number of amides is 1. The average Bonchev–Trinajstić information content (AvgIpc) is 2.94. The highest BCUT2D eigenvalue weighted by molar-refractivity contribution is 5.98. The largest absolute Gasteiger partial charge is 0.489 e. The number of nitrogens with zero attached hydrogens (tertiary/aromatic N) is 2. The van der Waals surface area contributed by atoms with Crippen LogP contribution in [0.15, 0.2) is 78.9 Å². The van der Waals surface area contributed by atoms with Crippen molar-refractivity contribution in [1.82, 2.24) is 15.1 Å². The highest BCUT2D eigenvalue weighted by atomic mass is 16.5. The van der Waals surface area contributed by atoms with E-state index >= 15 is 0 Å². The molecule has 1 aliphatic heterocycles. The van der Waals surface area contributed by atoms with Crippen LogP contribution in [0.2, 0.25) is 0 Å². The lowest BCUT2D eigenvalue weighted by Gasteiger charge is -2.36. The standard InChI is InChI=1S/C33H41N3O3/c1-24(2)36(25(3)4)20-18-34-33(38)32-30-16-15-29(39-23-26-11-7-5-8-12-26)21-28(30)17-19-35(32)22-31(37)27-13-9-6-10-14-27/h5-16,21,24-25,32H,17-20,22-23H2,1-4H3,(H,34,38). The highest BCUT2D eigenvalue weighted by Gasteiger charge is 2.34. The second-order valence-corrected chi connectivity index (χ2v) is 10.8. The number of rotatable bonds is 12. The Bertz CT molecular complexity index is 1220. The van der Waals surface area contributed by atoms with Gasteiger partial charge in [-0.3, -0.25) is 19.4 Å². The van der Waals surface area contributed by atoms with Gasteiger partial charge in [0.05, 0.1) is 6.54 Å². The molecule has 3 aromatic carbocycles. The van der Waals surface area contributed by atoms with E-state index in [2.05, 4.69) is 37.9 Å². The number of hydrogen-bond acceptors (Lipinski definition) is 5.